The van der Waals surface area contributed by atoms with E-state index in [1.54, 1.807) is 12.1 Å². The smallest absolute Gasteiger partial charge is 0.135 e. The van der Waals surface area contributed by atoms with Gasteiger partial charge in [0.1, 0.15) is 17.4 Å². The third-order valence-electron chi connectivity index (χ3n) is 6.61. The van der Waals surface area contributed by atoms with Gasteiger partial charge in [0, 0.05) is 27.5 Å². The SMILES string of the molecule is Fc1ccc(C(c2ccccc2)N2C=CN(C(Cl)C(OCc3ccc(Cl)cc3Cl)c3ccc(Cl)cc3)C2)cc1. The van der Waals surface area contributed by atoms with Crippen molar-refractivity contribution in [2.45, 2.75) is 24.3 Å². The molecule has 0 amide bonds. The van der Waals surface area contributed by atoms with Crippen molar-refractivity contribution < 1.29 is 9.13 Å². The van der Waals surface area contributed by atoms with Gasteiger partial charge >= 0.3 is 0 Å². The zero-order valence-corrected chi connectivity index (χ0v) is 23.8. The van der Waals surface area contributed by atoms with E-state index in [0.717, 1.165) is 22.3 Å². The molecule has 5 rings (SSSR count). The predicted molar refractivity (Wildman–Crippen MR) is 157 cm³/mol. The van der Waals surface area contributed by atoms with Crippen molar-refractivity contribution in [1.29, 1.82) is 0 Å². The largest absolute Gasteiger partial charge is 0.365 e. The van der Waals surface area contributed by atoms with Crippen molar-refractivity contribution in [3.63, 3.8) is 0 Å². The number of halogens is 5. The van der Waals surface area contributed by atoms with E-state index in [1.807, 2.05) is 78.0 Å². The molecular weight excluding hydrogens is 577 g/mol. The Hall–Kier alpha value is -2.73. The molecule has 3 unspecified atom stereocenters. The monoisotopic (exact) mass is 600 g/mol. The Labute approximate surface area is 247 Å². The lowest BCUT2D eigenvalue weighted by Gasteiger charge is -2.34. The third-order valence-corrected chi connectivity index (χ3v) is 7.93. The molecule has 39 heavy (non-hydrogen) atoms. The van der Waals surface area contributed by atoms with Crippen LogP contribution < -0.4 is 0 Å². The molecule has 3 nitrogen and oxygen atoms in total. The van der Waals surface area contributed by atoms with E-state index in [4.69, 9.17) is 51.1 Å². The summed E-state index contributed by atoms with van der Waals surface area (Å²) < 4.78 is 20.1. The van der Waals surface area contributed by atoms with Gasteiger partial charge in [-0.15, -0.1) is 0 Å². The average molecular weight is 602 g/mol. The first kappa shape index (κ1) is 27.8. The fourth-order valence-corrected chi connectivity index (χ4v) is 5.55. The molecule has 0 aromatic heterocycles. The van der Waals surface area contributed by atoms with Gasteiger partial charge in [0.2, 0.25) is 0 Å². The highest BCUT2D eigenvalue weighted by molar-refractivity contribution is 6.35. The van der Waals surface area contributed by atoms with Gasteiger partial charge in [0.25, 0.3) is 0 Å². The van der Waals surface area contributed by atoms with Crippen LogP contribution >= 0.6 is 46.4 Å². The van der Waals surface area contributed by atoms with Gasteiger partial charge in [-0.3, -0.25) is 0 Å². The quantitative estimate of drug-likeness (QED) is 0.140. The van der Waals surface area contributed by atoms with Crippen LogP contribution in [0.2, 0.25) is 15.1 Å². The van der Waals surface area contributed by atoms with Crippen LogP contribution in [0.15, 0.2) is 109 Å². The van der Waals surface area contributed by atoms with Crippen LogP contribution in [0.4, 0.5) is 4.39 Å². The maximum absolute atomic E-state index is 13.7. The number of hydrogen-bond acceptors (Lipinski definition) is 3. The molecule has 0 bridgehead atoms. The van der Waals surface area contributed by atoms with Gasteiger partial charge in [-0.05, 0) is 58.7 Å². The van der Waals surface area contributed by atoms with Crippen LogP contribution in [0.25, 0.3) is 0 Å². The summed E-state index contributed by atoms with van der Waals surface area (Å²) in [7, 11) is 0. The molecule has 0 fully saturated rings. The van der Waals surface area contributed by atoms with Crippen LogP contribution in [0.3, 0.4) is 0 Å². The predicted octanol–water partition coefficient (Wildman–Crippen LogP) is 9.44. The van der Waals surface area contributed by atoms with Crippen molar-refractivity contribution in [2.75, 3.05) is 6.67 Å². The van der Waals surface area contributed by atoms with Crippen molar-refractivity contribution in [1.82, 2.24) is 9.80 Å². The Kier molecular flexibility index (Phi) is 9.01. The number of alkyl halides is 1. The number of ether oxygens (including phenoxy) is 1. The number of hydrogen-bond donors (Lipinski definition) is 0. The summed E-state index contributed by atoms with van der Waals surface area (Å²) in [6.45, 7) is 0.746. The van der Waals surface area contributed by atoms with E-state index < -0.39 is 11.6 Å². The van der Waals surface area contributed by atoms with Gasteiger partial charge in [-0.2, -0.15) is 0 Å². The lowest BCUT2D eigenvalue weighted by Crippen LogP contribution is -2.37. The van der Waals surface area contributed by atoms with Crippen LogP contribution in [0.5, 0.6) is 0 Å². The number of rotatable bonds is 9. The summed E-state index contributed by atoms with van der Waals surface area (Å²) in [5, 5.41) is 1.71. The van der Waals surface area contributed by atoms with Gasteiger partial charge in [0.05, 0.1) is 19.3 Å². The molecule has 0 spiro atoms. The van der Waals surface area contributed by atoms with E-state index in [-0.39, 0.29) is 18.5 Å². The molecule has 0 radical (unpaired) electrons. The molecular formula is C31H25Cl4FN2O. The fraction of sp³-hybridized carbons (Fsp3) is 0.161. The zero-order valence-electron chi connectivity index (χ0n) is 20.7. The molecule has 4 aromatic rings. The van der Waals surface area contributed by atoms with Crippen molar-refractivity contribution >= 4 is 46.4 Å². The molecule has 1 heterocycles. The van der Waals surface area contributed by atoms with E-state index in [2.05, 4.69) is 17.0 Å². The third kappa shape index (κ3) is 6.71. The molecule has 3 atom stereocenters. The molecule has 4 aromatic carbocycles. The molecule has 200 valence electrons. The molecule has 0 aliphatic carbocycles. The summed E-state index contributed by atoms with van der Waals surface area (Å²) in [4.78, 5) is 4.19. The van der Waals surface area contributed by atoms with Crippen LogP contribution in [-0.4, -0.2) is 22.0 Å². The molecule has 1 aliphatic heterocycles. The first-order valence-electron chi connectivity index (χ1n) is 12.3. The molecule has 8 heteroatoms. The summed E-state index contributed by atoms with van der Waals surface area (Å²) >= 11 is 25.8. The number of nitrogens with zero attached hydrogens (tertiary/aromatic N) is 2. The highest BCUT2D eigenvalue weighted by atomic mass is 35.5. The molecule has 0 saturated heterocycles. The first-order chi connectivity index (χ1) is 18.9. The number of benzene rings is 4. The Morgan fingerprint density at radius 1 is 0.718 bits per heavy atom. The minimum Gasteiger partial charge on any atom is -0.365 e. The highest BCUT2D eigenvalue weighted by Gasteiger charge is 2.32. The second kappa shape index (κ2) is 12.6. The van der Waals surface area contributed by atoms with Crippen LogP contribution in [-0.2, 0) is 11.3 Å². The molecule has 0 N–H and O–H groups in total. The maximum atomic E-state index is 13.7. The highest BCUT2D eigenvalue weighted by Crippen LogP contribution is 2.36. The Balaban J connectivity index is 1.38. The minimum atomic E-state index is -0.553. The summed E-state index contributed by atoms with van der Waals surface area (Å²) in [5.41, 5.74) is 3.20. The topological polar surface area (TPSA) is 15.7 Å². The normalized spacial score (nSPS) is 15.4. The second-order valence-corrected chi connectivity index (χ2v) is 11.0. The lowest BCUT2D eigenvalue weighted by atomic mass is 9.97. The van der Waals surface area contributed by atoms with E-state index in [0.29, 0.717) is 21.7 Å². The molecule has 1 aliphatic rings. The maximum Gasteiger partial charge on any atom is 0.135 e. The van der Waals surface area contributed by atoms with E-state index in [9.17, 15) is 4.39 Å². The summed E-state index contributed by atoms with van der Waals surface area (Å²) in [6.07, 6.45) is 3.46. The van der Waals surface area contributed by atoms with Crippen LogP contribution in [0.1, 0.15) is 34.4 Å². The van der Waals surface area contributed by atoms with Crippen molar-refractivity contribution in [3.05, 3.63) is 153 Å². The lowest BCUT2D eigenvalue weighted by molar-refractivity contribution is 0.00582. The van der Waals surface area contributed by atoms with E-state index in [1.165, 1.54) is 12.1 Å². The molecule has 0 saturated carbocycles. The Morgan fingerprint density at radius 2 is 1.33 bits per heavy atom. The van der Waals surface area contributed by atoms with Gasteiger partial charge < -0.3 is 14.5 Å². The van der Waals surface area contributed by atoms with Crippen LogP contribution in [0, 0.1) is 5.82 Å². The van der Waals surface area contributed by atoms with Crippen molar-refractivity contribution in [3.8, 4) is 0 Å². The Morgan fingerprint density at radius 3 is 2.03 bits per heavy atom. The minimum absolute atomic E-state index is 0.125. The van der Waals surface area contributed by atoms with Gasteiger partial charge in [0.15, 0.2) is 0 Å². The second-order valence-electron chi connectivity index (χ2n) is 9.22. The summed E-state index contributed by atoms with van der Waals surface area (Å²) in [6, 6.07) is 29.4. The van der Waals surface area contributed by atoms with Gasteiger partial charge in [-0.1, -0.05) is 107 Å². The van der Waals surface area contributed by atoms with Gasteiger partial charge in [-0.25, -0.2) is 4.39 Å². The summed E-state index contributed by atoms with van der Waals surface area (Å²) in [5.74, 6) is -0.270. The van der Waals surface area contributed by atoms with E-state index >= 15 is 0 Å². The average Bonchev–Trinajstić information content (AvgIpc) is 3.42. The Bertz CT molecular complexity index is 1420. The zero-order chi connectivity index (χ0) is 27.4. The van der Waals surface area contributed by atoms with Crippen molar-refractivity contribution in [2.24, 2.45) is 0 Å². The standard InChI is InChI=1S/C31H25Cl4FN2O/c32-25-11-6-23(7-12-25)30(39-19-24-8-13-26(33)18-28(24)34)31(35)38-17-16-37(20-38)29(21-4-2-1-3-5-21)22-9-14-27(36)15-10-22/h1-18,29-31H,19-20H2. The first-order valence-corrected chi connectivity index (χ1v) is 13.9. The fourth-order valence-electron chi connectivity index (χ4n) is 4.62.